The Bertz CT molecular complexity index is 479. The van der Waals surface area contributed by atoms with Crippen molar-refractivity contribution in [2.45, 2.75) is 19.1 Å². The van der Waals surface area contributed by atoms with Gasteiger partial charge in [-0.05, 0) is 25.1 Å². The summed E-state index contributed by atoms with van der Waals surface area (Å²) < 4.78 is 51.1. The minimum absolute atomic E-state index is 0. The Morgan fingerprint density at radius 1 is 1.40 bits per heavy atom. The summed E-state index contributed by atoms with van der Waals surface area (Å²) in [6, 6.07) is 1.34. The Morgan fingerprint density at radius 2 is 1.95 bits per heavy atom. The first-order valence-corrected chi connectivity index (χ1v) is 5.52. The van der Waals surface area contributed by atoms with E-state index >= 15 is 0 Å². The van der Waals surface area contributed by atoms with Crippen LogP contribution in [0.2, 0.25) is 0 Å². The number of carbonyl (C=O) groups is 1. The lowest BCUT2D eigenvalue weighted by Crippen LogP contribution is -2.40. The Kier molecular flexibility index (Phi) is 6.43. The Morgan fingerprint density at radius 3 is 2.40 bits per heavy atom. The largest absolute Gasteiger partial charge is 0.416 e. The van der Waals surface area contributed by atoms with Crippen molar-refractivity contribution in [2.75, 3.05) is 13.6 Å². The summed E-state index contributed by atoms with van der Waals surface area (Å²) in [5.74, 6) is -1.82. The average molecular weight is 315 g/mol. The van der Waals surface area contributed by atoms with Crippen LogP contribution in [-0.2, 0) is 6.18 Å². The molecule has 0 aliphatic heterocycles. The first-order valence-electron chi connectivity index (χ1n) is 5.52. The monoisotopic (exact) mass is 314 g/mol. The van der Waals surface area contributed by atoms with E-state index in [2.05, 4.69) is 0 Å². The molecule has 114 valence electrons. The van der Waals surface area contributed by atoms with Gasteiger partial charge in [-0.15, -0.1) is 12.4 Å². The summed E-state index contributed by atoms with van der Waals surface area (Å²) in [5.41, 5.74) is 3.68. The fraction of sp³-hybridized carbons (Fsp3) is 0.417. The minimum atomic E-state index is -4.62. The van der Waals surface area contributed by atoms with E-state index in [9.17, 15) is 22.4 Å². The number of nitrogens with zero attached hydrogens (tertiary/aromatic N) is 1. The number of rotatable bonds is 3. The van der Waals surface area contributed by atoms with Gasteiger partial charge in [0.05, 0.1) is 11.1 Å². The van der Waals surface area contributed by atoms with Crippen LogP contribution in [0.1, 0.15) is 22.8 Å². The molecule has 3 nitrogen and oxygen atoms in total. The normalized spacial score (nSPS) is 12.6. The zero-order valence-electron chi connectivity index (χ0n) is 10.9. The highest BCUT2D eigenvalue weighted by molar-refractivity contribution is 5.94. The molecule has 1 aromatic carbocycles. The van der Waals surface area contributed by atoms with Crippen LogP contribution in [0.3, 0.4) is 0 Å². The third-order valence-electron chi connectivity index (χ3n) is 2.85. The molecule has 0 radical (unpaired) electrons. The van der Waals surface area contributed by atoms with E-state index in [0.717, 1.165) is 4.90 Å². The van der Waals surface area contributed by atoms with Gasteiger partial charge in [0.1, 0.15) is 5.82 Å². The van der Waals surface area contributed by atoms with Crippen molar-refractivity contribution < 1.29 is 22.4 Å². The summed E-state index contributed by atoms with van der Waals surface area (Å²) >= 11 is 0. The van der Waals surface area contributed by atoms with E-state index in [1.54, 1.807) is 6.92 Å². The van der Waals surface area contributed by atoms with Gasteiger partial charge in [-0.25, -0.2) is 4.39 Å². The first-order chi connectivity index (χ1) is 8.68. The van der Waals surface area contributed by atoms with Crippen LogP contribution in [0.5, 0.6) is 0 Å². The Balaban J connectivity index is 0.00000361. The van der Waals surface area contributed by atoms with Gasteiger partial charge in [-0.1, -0.05) is 0 Å². The first kappa shape index (κ1) is 18.7. The second-order valence-corrected chi connectivity index (χ2v) is 4.19. The van der Waals surface area contributed by atoms with E-state index in [0.29, 0.717) is 18.2 Å². The van der Waals surface area contributed by atoms with Crippen LogP contribution >= 0.6 is 12.4 Å². The van der Waals surface area contributed by atoms with Gasteiger partial charge < -0.3 is 10.6 Å². The van der Waals surface area contributed by atoms with Crippen molar-refractivity contribution in [3.05, 3.63) is 35.1 Å². The number of amides is 1. The molecule has 0 saturated heterocycles. The summed E-state index contributed by atoms with van der Waals surface area (Å²) in [5, 5.41) is 0. The van der Waals surface area contributed by atoms with E-state index in [1.807, 2.05) is 0 Å². The predicted octanol–water partition coefficient (Wildman–Crippen LogP) is 2.69. The predicted molar refractivity (Wildman–Crippen MR) is 69.3 cm³/mol. The smallest absolute Gasteiger partial charge is 0.338 e. The maximum absolute atomic E-state index is 13.5. The maximum Gasteiger partial charge on any atom is 0.416 e. The number of nitrogens with two attached hydrogens (primary N) is 1. The topological polar surface area (TPSA) is 46.3 Å². The molecule has 0 aromatic heterocycles. The average Bonchev–Trinajstić information content (AvgIpc) is 2.35. The van der Waals surface area contributed by atoms with Crippen LogP contribution in [0, 0.1) is 5.82 Å². The molecule has 0 fully saturated rings. The molecule has 20 heavy (non-hydrogen) atoms. The van der Waals surface area contributed by atoms with Crippen molar-refractivity contribution in [3.63, 3.8) is 0 Å². The number of carbonyl (C=O) groups excluding carboxylic acids is 1. The number of hydrogen-bond donors (Lipinski definition) is 1. The molecule has 1 aromatic rings. The quantitative estimate of drug-likeness (QED) is 0.872. The SMILES string of the molecule is CC(CN)N(C)C(=O)c1cc(C(F)(F)F)ccc1F.Cl. The van der Waals surface area contributed by atoms with E-state index in [4.69, 9.17) is 5.73 Å². The van der Waals surface area contributed by atoms with Gasteiger partial charge >= 0.3 is 6.18 Å². The lowest BCUT2D eigenvalue weighted by Gasteiger charge is -2.24. The highest BCUT2D eigenvalue weighted by Crippen LogP contribution is 2.30. The van der Waals surface area contributed by atoms with Crippen molar-refractivity contribution in [2.24, 2.45) is 5.73 Å². The number of halogens is 5. The third kappa shape index (κ3) is 4.08. The van der Waals surface area contributed by atoms with Gasteiger partial charge in [0.25, 0.3) is 5.91 Å². The molecule has 1 amide bonds. The molecular weight excluding hydrogens is 300 g/mol. The third-order valence-corrected chi connectivity index (χ3v) is 2.85. The van der Waals surface area contributed by atoms with Gasteiger partial charge in [0, 0.05) is 19.6 Å². The van der Waals surface area contributed by atoms with Crippen molar-refractivity contribution in [1.82, 2.24) is 4.90 Å². The molecule has 1 rings (SSSR count). The van der Waals surface area contributed by atoms with Crippen LogP contribution in [0.15, 0.2) is 18.2 Å². The van der Waals surface area contributed by atoms with Crippen molar-refractivity contribution in [1.29, 1.82) is 0 Å². The zero-order valence-corrected chi connectivity index (χ0v) is 11.7. The van der Waals surface area contributed by atoms with E-state index in [-0.39, 0.29) is 19.0 Å². The lowest BCUT2D eigenvalue weighted by molar-refractivity contribution is -0.137. The maximum atomic E-state index is 13.5. The Labute approximate surface area is 120 Å². The van der Waals surface area contributed by atoms with Crippen molar-refractivity contribution in [3.8, 4) is 0 Å². The number of hydrogen-bond acceptors (Lipinski definition) is 2. The Hall–Kier alpha value is -1.34. The summed E-state index contributed by atoms with van der Waals surface area (Å²) in [6.45, 7) is 1.74. The highest BCUT2D eigenvalue weighted by Gasteiger charge is 2.32. The molecule has 0 saturated carbocycles. The zero-order chi connectivity index (χ0) is 14.8. The minimum Gasteiger partial charge on any atom is -0.338 e. The number of likely N-dealkylation sites (N-methyl/N-ethyl adjacent to an activating group) is 1. The fourth-order valence-corrected chi connectivity index (χ4v) is 1.41. The van der Waals surface area contributed by atoms with Crippen LogP contribution in [0.25, 0.3) is 0 Å². The highest BCUT2D eigenvalue weighted by atomic mass is 35.5. The molecule has 0 aliphatic carbocycles. The molecule has 0 bridgehead atoms. The second kappa shape index (κ2) is 6.90. The van der Waals surface area contributed by atoms with E-state index in [1.165, 1.54) is 7.05 Å². The summed E-state index contributed by atoms with van der Waals surface area (Å²) in [4.78, 5) is 13.0. The molecule has 2 N–H and O–H groups in total. The van der Waals surface area contributed by atoms with Crippen LogP contribution < -0.4 is 5.73 Å². The number of alkyl halides is 3. The molecule has 8 heteroatoms. The van der Waals surface area contributed by atoms with Gasteiger partial charge in [-0.3, -0.25) is 4.79 Å². The molecule has 1 unspecified atom stereocenters. The summed E-state index contributed by atoms with van der Waals surface area (Å²) in [7, 11) is 1.36. The van der Waals surface area contributed by atoms with Gasteiger partial charge in [0.15, 0.2) is 0 Å². The molecule has 1 atom stereocenters. The fourth-order valence-electron chi connectivity index (χ4n) is 1.41. The van der Waals surface area contributed by atoms with E-state index < -0.39 is 35.1 Å². The van der Waals surface area contributed by atoms with Gasteiger partial charge in [0.2, 0.25) is 0 Å². The summed E-state index contributed by atoms with van der Waals surface area (Å²) in [6.07, 6.45) is -4.62. The standard InChI is InChI=1S/C12H14F4N2O.ClH/c1-7(6-17)18(2)11(19)9-5-8(12(14,15)16)3-4-10(9)13;/h3-5,7H,6,17H2,1-2H3;1H. The van der Waals surface area contributed by atoms with Crippen LogP contribution in [-0.4, -0.2) is 30.4 Å². The molecule has 0 aliphatic rings. The lowest BCUT2D eigenvalue weighted by atomic mass is 10.1. The molecular formula is C12H15ClF4N2O. The number of benzene rings is 1. The van der Waals surface area contributed by atoms with Gasteiger partial charge in [-0.2, -0.15) is 13.2 Å². The second-order valence-electron chi connectivity index (χ2n) is 4.19. The van der Waals surface area contributed by atoms with Crippen LogP contribution in [0.4, 0.5) is 17.6 Å². The van der Waals surface area contributed by atoms with Crippen molar-refractivity contribution >= 4 is 18.3 Å². The molecule has 0 spiro atoms. The molecule has 0 heterocycles.